The van der Waals surface area contributed by atoms with Crippen molar-refractivity contribution in [2.24, 2.45) is 5.92 Å². The number of methoxy groups -OCH3 is 1. The molecule has 0 bridgehead atoms. The first-order valence-corrected chi connectivity index (χ1v) is 6.03. The molecule has 1 N–H and O–H groups in total. The number of hydrogen-bond acceptors (Lipinski definition) is 3. The summed E-state index contributed by atoms with van der Waals surface area (Å²) in [7, 11) is 3.83. The van der Waals surface area contributed by atoms with Crippen molar-refractivity contribution < 1.29 is 4.74 Å². The van der Waals surface area contributed by atoms with E-state index in [0.717, 1.165) is 5.92 Å². The first-order chi connectivity index (χ1) is 6.86. The van der Waals surface area contributed by atoms with Gasteiger partial charge in [0.1, 0.15) is 0 Å². The van der Waals surface area contributed by atoms with Crippen LogP contribution >= 0.6 is 11.3 Å². The smallest absolute Gasteiger partial charge is 0.0794 e. The van der Waals surface area contributed by atoms with E-state index in [1.807, 2.05) is 14.2 Å². The molecule has 0 aromatic carbocycles. The lowest BCUT2D eigenvalue weighted by molar-refractivity contribution is 0.0532. The second-order valence-electron chi connectivity index (χ2n) is 3.86. The van der Waals surface area contributed by atoms with Crippen LogP contribution in [0.15, 0.2) is 16.8 Å². The van der Waals surface area contributed by atoms with Crippen molar-refractivity contribution in [2.45, 2.75) is 25.0 Å². The summed E-state index contributed by atoms with van der Waals surface area (Å²) in [6.07, 6.45) is 2.98. The Bertz CT molecular complexity index is 269. The molecule has 0 spiro atoms. The first-order valence-electron chi connectivity index (χ1n) is 5.09. The monoisotopic (exact) mass is 211 g/mol. The summed E-state index contributed by atoms with van der Waals surface area (Å²) in [4.78, 5) is 0. The van der Waals surface area contributed by atoms with Gasteiger partial charge in [0, 0.05) is 7.11 Å². The number of nitrogens with one attached hydrogen (secondary N) is 1. The zero-order valence-corrected chi connectivity index (χ0v) is 9.51. The lowest BCUT2D eigenvalue weighted by Crippen LogP contribution is -2.32. The van der Waals surface area contributed by atoms with Crippen molar-refractivity contribution in [1.29, 1.82) is 0 Å². The molecule has 2 rings (SSSR count). The van der Waals surface area contributed by atoms with E-state index in [-0.39, 0.29) is 0 Å². The van der Waals surface area contributed by atoms with Crippen LogP contribution in [0.3, 0.4) is 0 Å². The minimum Gasteiger partial charge on any atom is -0.379 e. The quantitative estimate of drug-likeness (QED) is 0.807. The maximum Gasteiger partial charge on any atom is 0.0794 e. The highest BCUT2D eigenvalue weighted by Crippen LogP contribution is 2.39. The number of thiophene rings is 1. The third-order valence-electron chi connectivity index (χ3n) is 2.90. The molecule has 1 heterocycles. The van der Waals surface area contributed by atoms with E-state index in [0.29, 0.717) is 12.1 Å². The van der Waals surface area contributed by atoms with E-state index < -0.39 is 0 Å². The van der Waals surface area contributed by atoms with Crippen molar-refractivity contribution in [2.75, 3.05) is 14.2 Å². The number of ether oxygens (including phenoxy) is 1. The standard InChI is InChI=1S/C11H17NOS/c1-12-10(9-5-6-14-7-9)11(13-2)8-3-4-8/h5-8,10-12H,3-4H2,1-2H3. The molecule has 0 radical (unpaired) electrons. The highest BCUT2D eigenvalue weighted by molar-refractivity contribution is 7.07. The van der Waals surface area contributed by atoms with Crippen LogP contribution in [0.2, 0.25) is 0 Å². The van der Waals surface area contributed by atoms with Crippen LogP contribution in [0.4, 0.5) is 0 Å². The molecule has 3 heteroatoms. The van der Waals surface area contributed by atoms with Crippen LogP contribution in [0.1, 0.15) is 24.4 Å². The van der Waals surface area contributed by atoms with Crippen molar-refractivity contribution in [1.82, 2.24) is 5.32 Å². The number of likely N-dealkylation sites (N-methyl/N-ethyl adjacent to an activating group) is 1. The van der Waals surface area contributed by atoms with E-state index >= 15 is 0 Å². The third kappa shape index (κ3) is 2.00. The molecule has 1 saturated carbocycles. The van der Waals surface area contributed by atoms with Gasteiger partial charge in [-0.25, -0.2) is 0 Å². The molecule has 1 fully saturated rings. The fraction of sp³-hybridized carbons (Fsp3) is 0.636. The van der Waals surface area contributed by atoms with Crippen LogP contribution in [-0.4, -0.2) is 20.3 Å². The second kappa shape index (κ2) is 4.43. The Hall–Kier alpha value is -0.380. The van der Waals surface area contributed by atoms with Gasteiger partial charge < -0.3 is 10.1 Å². The Kier molecular flexibility index (Phi) is 3.21. The molecule has 0 saturated heterocycles. The third-order valence-corrected chi connectivity index (χ3v) is 3.60. The average Bonchev–Trinajstić information content (AvgIpc) is 2.90. The van der Waals surface area contributed by atoms with Gasteiger partial charge in [-0.15, -0.1) is 0 Å². The Labute approximate surface area is 89.3 Å². The largest absolute Gasteiger partial charge is 0.379 e. The SMILES string of the molecule is CNC(c1ccsc1)C(OC)C1CC1. The zero-order chi connectivity index (χ0) is 9.97. The molecule has 2 atom stereocenters. The summed E-state index contributed by atoms with van der Waals surface area (Å²) >= 11 is 1.75. The van der Waals surface area contributed by atoms with Gasteiger partial charge in [0.25, 0.3) is 0 Å². The fourth-order valence-electron chi connectivity index (χ4n) is 2.00. The molecular weight excluding hydrogens is 194 g/mol. The summed E-state index contributed by atoms with van der Waals surface area (Å²) in [5, 5.41) is 7.69. The van der Waals surface area contributed by atoms with E-state index in [2.05, 4.69) is 22.1 Å². The van der Waals surface area contributed by atoms with E-state index in [1.54, 1.807) is 11.3 Å². The lowest BCUT2D eigenvalue weighted by atomic mass is 10.0. The van der Waals surface area contributed by atoms with Gasteiger partial charge in [-0.05, 0) is 48.2 Å². The van der Waals surface area contributed by atoms with E-state index in [9.17, 15) is 0 Å². The maximum atomic E-state index is 5.59. The topological polar surface area (TPSA) is 21.3 Å². The van der Waals surface area contributed by atoms with E-state index in [4.69, 9.17) is 4.74 Å². The summed E-state index contributed by atoms with van der Waals surface area (Å²) in [5.74, 6) is 0.761. The van der Waals surface area contributed by atoms with Crippen LogP contribution in [0, 0.1) is 5.92 Å². The first kappa shape index (κ1) is 10.1. The predicted molar refractivity (Wildman–Crippen MR) is 59.6 cm³/mol. The molecule has 1 aromatic heterocycles. The molecule has 1 aliphatic carbocycles. The Morgan fingerprint density at radius 1 is 1.57 bits per heavy atom. The molecule has 1 aromatic rings. The van der Waals surface area contributed by atoms with Gasteiger partial charge in [0.05, 0.1) is 12.1 Å². The van der Waals surface area contributed by atoms with Crippen molar-refractivity contribution >= 4 is 11.3 Å². The summed E-state index contributed by atoms with van der Waals surface area (Å²) in [6, 6.07) is 2.54. The van der Waals surface area contributed by atoms with Crippen LogP contribution in [-0.2, 0) is 4.74 Å². The summed E-state index contributed by atoms with van der Waals surface area (Å²) < 4.78 is 5.59. The second-order valence-corrected chi connectivity index (χ2v) is 4.64. The predicted octanol–water partition coefficient (Wildman–Crippen LogP) is 2.43. The van der Waals surface area contributed by atoms with Gasteiger partial charge >= 0.3 is 0 Å². The molecule has 1 aliphatic rings. The molecule has 2 unspecified atom stereocenters. The van der Waals surface area contributed by atoms with Crippen molar-refractivity contribution in [3.63, 3.8) is 0 Å². The normalized spacial score (nSPS) is 20.7. The van der Waals surface area contributed by atoms with Gasteiger partial charge in [0.2, 0.25) is 0 Å². The molecule has 78 valence electrons. The van der Waals surface area contributed by atoms with Gasteiger partial charge in [0.15, 0.2) is 0 Å². The Morgan fingerprint density at radius 2 is 2.36 bits per heavy atom. The lowest BCUT2D eigenvalue weighted by Gasteiger charge is -2.25. The van der Waals surface area contributed by atoms with Crippen LogP contribution in [0.5, 0.6) is 0 Å². The number of hydrogen-bond donors (Lipinski definition) is 1. The molecule has 0 aliphatic heterocycles. The van der Waals surface area contributed by atoms with Crippen molar-refractivity contribution in [3.05, 3.63) is 22.4 Å². The zero-order valence-electron chi connectivity index (χ0n) is 8.69. The van der Waals surface area contributed by atoms with Crippen molar-refractivity contribution in [3.8, 4) is 0 Å². The Morgan fingerprint density at radius 3 is 2.79 bits per heavy atom. The van der Waals surface area contributed by atoms with Crippen LogP contribution in [0.25, 0.3) is 0 Å². The summed E-state index contributed by atoms with van der Waals surface area (Å²) in [5.41, 5.74) is 1.36. The molecule has 14 heavy (non-hydrogen) atoms. The Balaban J connectivity index is 2.10. The van der Waals surface area contributed by atoms with Crippen LogP contribution < -0.4 is 5.32 Å². The molecule has 0 amide bonds. The average molecular weight is 211 g/mol. The minimum atomic E-state index is 0.342. The highest BCUT2D eigenvalue weighted by atomic mass is 32.1. The molecule has 2 nitrogen and oxygen atoms in total. The highest BCUT2D eigenvalue weighted by Gasteiger charge is 2.36. The van der Waals surface area contributed by atoms with E-state index in [1.165, 1.54) is 18.4 Å². The number of rotatable bonds is 5. The van der Waals surface area contributed by atoms with Gasteiger partial charge in [-0.2, -0.15) is 11.3 Å². The molecular formula is C11H17NOS. The van der Waals surface area contributed by atoms with Gasteiger partial charge in [-0.1, -0.05) is 0 Å². The minimum absolute atomic E-state index is 0.342. The fourth-order valence-corrected chi connectivity index (χ4v) is 2.69. The van der Waals surface area contributed by atoms with Gasteiger partial charge in [-0.3, -0.25) is 0 Å². The summed E-state index contributed by atoms with van der Waals surface area (Å²) in [6.45, 7) is 0. The maximum absolute atomic E-state index is 5.59.